The second-order valence-electron chi connectivity index (χ2n) is 9.32. The molecule has 8 heteroatoms. The van der Waals surface area contributed by atoms with Gasteiger partial charge in [0.2, 0.25) is 0 Å². The Morgan fingerprint density at radius 1 is 1.09 bits per heavy atom. The summed E-state index contributed by atoms with van der Waals surface area (Å²) in [5.74, 6) is 1.47. The lowest BCUT2D eigenvalue weighted by Crippen LogP contribution is -2.39. The fourth-order valence-electron chi connectivity index (χ4n) is 5.55. The second kappa shape index (κ2) is 8.68. The van der Waals surface area contributed by atoms with Gasteiger partial charge < -0.3 is 9.72 Å². The SMILES string of the molecule is COc1ccc2cc([C@H](c3nnnn3C3CCCC3)N3CCc4ccccc4C3)c(=O)[nH]c2c1. The minimum atomic E-state index is -0.334. The Balaban J connectivity index is 1.49. The van der Waals surface area contributed by atoms with Gasteiger partial charge in [-0.25, -0.2) is 4.68 Å². The van der Waals surface area contributed by atoms with Gasteiger partial charge in [0.05, 0.1) is 18.7 Å². The smallest absolute Gasteiger partial charge is 0.253 e. The van der Waals surface area contributed by atoms with E-state index < -0.39 is 0 Å². The van der Waals surface area contributed by atoms with Crippen LogP contribution in [0.25, 0.3) is 10.9 Å². The third-order valence-electron chi connectivity index (χ3n) is 7.34. The predicted molar refractivity (Wildman–Crippen MR) is 129 cm³/mol. The van der Waals surface area contributed by atoms with E-state index in [1.54, 1.807) is 7.11 Å². The summed E-state index contributed by atoms with van der Waals surface area (Å²) < 4.78 is 7.32. The van der Waals surface area contributed by atoms with Crippen molar-refractivity contribution in [2.45, 2.75) is 50.7 Å². The molecule has 2 aromatic carbocycles. The molecule has 8 nitrogen and oxygen atoms in total. The quantitative estimate of drug-likeness (QED) is 0.492. The molecule has 0 unspecified atom stereocenters. The van der Waals surface area contributed by atoms with Crippen molar-refractivity contribution in [3.63, 3.8) is 0 Å². The Morgan fingerprint density at radius 3 is 2.74 bits per heavy atom. The molecular formula is C26H28N6O2. The van der Waals surface area contributed by atoms with Crippen LogP contribution in [0.3, 0.4) is 0 Å². The number of fused-ring (bicyclic) bond motifs is 2. The Bertz CT molecular complexity index is 1390. The molecule has 1 saturated carbocycles. The topological polar surface area (TPSA) is 88.9 Å². The van der Waals surface area contributed by atoms with Crippen molar-refractivity contribution < 1.29 is 4.74 Å². The Labute approximate surface area is 197 Å². The van der Waals surface area contributed by atoms with Gasteiger partial charge in [0.1, 0.15) is 11.8 Å². The van der Waals surface area contributed by atoms with Gasteiger partial charge in [0.25, 0.3) is 5.56 Å². The monoisotopic (exact) mass is 456 g/mol. The molecule has 1 atom stereocenters. The summed E-state index contributed by atoms with van der Waals surface area (Å²) in [6.07, 6.45) is 5.44. The number of nitrogens with one attached hydrogen (secondary N) is 1. The van der Waals surface area contributed by atoms with Crippen molar-refractivity contribution in [1.82, 2.24) is 30.1 Å². The van der Waals surface area contributed by atoms with Crippen molar-refractivity contribution in [2.75, 3.05) is 13.7 Å². The molecule has 2 aliphatic rings. The fourth-order valence-corrected chi connectivity index (χ4v) is 5.55. The summed E-state index contributed by atoms with van der Waals surface area (Å²) in [6.45, 7) is 1.58. The van der Waals surface area contributed by atoms with E-state index in [1.807, 2.05) is 28.9 Å². The van der Waals surface area contributed by atoms with Crippen LogP contribution in [0.2, 0.25) is 0 Å². The summed E-state index contributed by atoms with van der Waals surface area (Å²) in [5.41, 5.74) is 3.97. The third-order valence-corrected chi connectivity index (χ3v) is 7.34. The minimum Gasteiger partial charge on any atom is -0.497 e. The number of benzene rings is 2. The van der Waals surface area contributed by atoms with Crippen molar-refractivity contribution in [1.29, 1.82) is 0 Å². The molecular weight excluding hydrogens is 428 g/mol. The second-order valence-corrected chi connectivity index (χ2v) is 9.32. The van der Waals surface area contributed by atoms with E-state index in [4.69, 9.17) is 4.74 Å². The number of aromatic nitrogens is 5. The molecule has 0 spiro atoms. The summed E-state index contributed by atoms with van der Waals surface area (Å²) in [5, 5.41) is 13.9. The summed E-state index contributed by atoms with van der Waals surface area (Å²) in [4.78, 5) is 18.9. The van der Waals surface area contributed by atoms with Crippen LogP contribution < -0.4 is 10.3 Å². The van der Waals surface area contributed by atoms with Crippen LogP contribution in [-0.2, 0) is 13.0 Å². The van der Waals surface area contributed by atoms with Crippen LogP contribution >= 0.6 is 0 Å². The van der Waals surface area contributed by atoms with Gasteiger partial charge in [-0.3, -0.25) is 9.69 Å². The summed E-state index contributed by atoms with van der Waals surface area (Å²) in [6, 6.07) is 16.2. The molecule has 1 aliphatic heterocycles. The number of H-pyrrole nitrogens is 1. The standard InChI is InChI=1S/C26H28N6O2/c1-34-21-11-10-18-14-22(26(33)27-23(18)15-21)24(25-28-29-30-32(25)20-8-4-5-9-20)31-13-12-17-6-2-3-7-19(17)16-31/h2-3,6-7,10-11,14-15,20,24H,4-5,8-9,12-13,16H2,1H3,(H,27,33)/t24-/m1/s1. The van der Waals surface area contributed by atoms with Crippen LogP contribution in [-0.4, -0.2) is 43.7 Å². The Kier molecular flexibility index (Phi) is 5.37. The van der Waals surface area contributed by atoms with E-state index >= 15 is 0 Å². The van der Waals surface area contributed by atoms with E-state index in [2.05, 4.69) is 49.7 Å². The van der Waals surface area contributed by atoms with E-state index in [9.17, 15) is 4.79 Å². The van der Waals surface area contributed by atoms with Crippen LogP contribution in [0.5, 0.6) is 5.75 Å². The molecule has 0 amide bonds. The molecule has 1 aliphatic carbocycles. The van der Waals surface area contributed by atoms with Gasteiger partial charge in [-0.1, -0.05) is 37.1 Å². The molecule has 2 aromatic heterocycles. The number of hydrogen-bond donors (Lipinski definition) is 1. The van der Waals surface area contributed by atoms with Gasteiger partial charge in [0.15, 0.2) is 5.82 Å². The normalized spacial score (nSPS) is 17.7. The lowest BCUT2D eigenvalue weighted by molar-refractivity contribution is 0.190. The van der Waals surface area contributed by atoms with Crippen molar-refractivity contribution in [2.24, 2.45) is 0 Å². The van der Waals surface area contributed by atoms with Crippen LogP contribution in [0.4, 0.5) is 0 Å². The molecule has 0 saturated heterocycles. The maximum Gasteiger partial charge on any atom is 0.253 e. The van der Waals surface area contributed by atoms with E-state index in [-0.39, 0.29) is 17.6 Å². The minimum absolute atomic E-state index is 0.120. The Morgan fingerprint density at radius 2 is 1.91 bits per heavy atom. The first kappa shape index (κ1) is 21.0. The molecule has 34 heavy (non-hydrogen) atoms. The third kappa shape index (κ3) is 3.68. The number of hydrogen-bond acceptors (Lipinski definition) is 6. The predicted octanol–water partition coefficient (Wildman–Crippen LogP) is 3.79. The molecule has 0 bridgehead atoms. The van der Waals surface area contributed by atoms with Gasteiger partial charge in [0, 0.05) is 24.7 Å². The van der Waals surface area contributed by atoms with E-state index in [1.165, 1.54) is 24.0 Å². The first-order valence-corrected chi connectivity index (χ1v) is 12.0. The lowest BCUT2D eigenvalue weighted by Gasteiger charge is -2.35. The fraction of sp³-hybridized carbons (Fsp3) is 0.385. The number of nitrogens with zero attached hydrogens (tertiary/aromatic N) is 5. The highest BCUT2D eigenvalue weighted by Crippen LogP contribution is 2.36. The zero-order valence-electron chi connectivity index (χ0n) is 19.3. The van der Waals surface area contributed by atoms with Crippen molar-refractivity contribution >= 4 is 10.9 Å². The molecule has 3 heterocycles. The highest BCUT2D eigenvalue weighted by Gasteiger charge is 2.34. The lowest BCUT2D eigenvalue weighted by atomic mass is 9.95. The van der Waals surface area contributed by atoms with Gasteiger partial charge >= 0.3 is 0 Å². The number of pyridine rings is 1. The average Bonchev–Trinajstić information content (AvgIpc) is 3.56. The number of aromatic amines is 1. The average molecular weight is 457 g/mol. The number of ether oxygens (including phenoxy) is 1. The van der Waals surface area contributed by atoms with Crippen molar-refractivity contribution in [3.8, 4) is 5.75 Å². The zero-order valence-corrected chi connectivity index (χ0v) is 19.3. The molecule has 1 N–H and O–H groups in total. The number of methoxy groups -OCH3 is 1. The highest BCUT2D eigenvalue weighted by molar-refractivity contribution is 5.80. The maximum atomic E-state index is 13.5. The van der Waals surface area contributed by atoms with Crippen molar-refractivity contribution in [3.05, 3.63) is 81.4 Å². The largest absolute Gasteiger partial charge is 0.497 e. The Hall–Kier alpha value is -3.52. The molecule has 4 aromatic rings. The number of tetrazole rings is 1. The van der Waals surface area contributed by atoms with Gasteiger partial charge in [-0.15, -0.1) is 5.10 Å². The number of rotatable bonds is 5. The molecule has 6 rings (SSSR count). The first-order valence-electron chi connectivity index (χ1n) is 12.0. The molecule has 1 fully saturated rings. The van der Waals surface area contributed by atoms with Gasteiger partial charge in [-0.2, -0.15) is 0 Å². The summed E-state index contributed by atoms with van der Waals surface area (Å²) in [7, 11) is 1.63. The molecule has 174 valence electrons. The van der Waals surface area contributed by atoms with E-state index in [0.29, 0.717) is 11.3 Å². The van der Waals surface area contributed by atoms with E-state index in [0.717, 1.165) is 49.1 Å². The highest BCUT2D eigenvalue weighted by atomic mass is 16.5. The van der Waals surface area contributed by atoms with Crippen LogP contribution in [0, 0.1) is 0 Å². The zero-order chi connectivity index (χ0) is 23.1. The summed E-state index contributed by atoms with van der Waals surface area (Å²) >= 11 is 0. The van der Waals surface area contributed by atoms with Crippen LogP contribution in [0.1, 0.15) is 60.3 Å². The van der Waals surface area contributed by atoms with Crippen LogP contribution in [0.15, 0.2) is 53.3 Å². The van der Waals surface area contributed by atoms with Gasteiger partial charge in [-0.05, 0) is 64.4 Å². The maximum absolute atomic E-state index is 13.5. The first-order chi connectivity index (χ1) is 16.7. The molecule has 0 radical (unpaired) electrons.